The number of amides is 7. The minimum absolute atomic E-state index is 0.0132. The van der Waals surface area contributed by atoms with Crippen LogP contribution in [0.1, 0.15) is 72.9 Å². The number of nitrogens with two attached hydrogens (primary N) is 2. The average Bonchev–Trinajstić information content (AvgIpc) is 3.90. The molecule has 3 aromatic carbocycles. The topological polar surface area (TPSA) is 260 Å². The largest absolute Gasteiger partial charge is 0.445 e. The minimum Gasteiger partial charge on any atom is -0.445 e. The number of imide groups is 1. The second-order valence-corrected chi connectivity index (χ2v) is 16.1. The first kappa shape index (κ1) is 48.5. The average molecular weight is 908 g/mol. The molecule has 2 aliphatic heterocycles. The number of nitrogens with zero attached hydrogens (tertiary/aromatic N) is 4. The molecule has 3 heterocycles. The van der Waals surface area contributed by atoms with Crippen LogP contribution < -0.4 is 27.4 Å². The number of carbonyl (C=O) groups excluding carboxylic acids is 7. The lowest BCUT2D eigenvalue weighted by atomic mass is 9.91. The van der Waals surface area contributed by atoms with Gasteiger partial charge in [-0.05, 0) is 87.0 Å². The molecule has 2 aliphatic rings. The SMILES string of the molecule is C[C@H](NC(=O)CCOCCOCCN1C(=O)C=CC1=O)C(=O)N[C@@H](CCCCN)C(=O)Nc1ccc(COC(=O)N2CCC[C@@H](c3ccc(-n4cc5cccc(C(N)=O)c5n4)cc3)C2)cc1. The van der Waals surface area contributed by atoms with Crippen molar-refractivity contribution in [3.63, 3.8) is 0 Å². The molecule has 7 amide bonds. The molecule has 0 radical (unpaired) electrons. The van der Waals surface area contributed by atoms with Crippen LogP contribution in [0.4, 0.5) is 10.5 Å². The highest BCUT2D eigenvalue weighted by molar-refractivity contribution is 6.12. The molecule has 66 heavy (non-hydrogen) atoms. The molecule has 3 atom stereocenters. The summed E-state index contributed by atoms with van der Waals surface area (Å²) in [5.41, 5.74) is 15.2. The molecule has 350 valence electrons. The van der Waals surface area contributed by atoms with Gasteiger partial charge in [0.2, 0.25) is 17.7 Å². The van der Waals surface area contributed by atoms with E-state index in [1.807, 2.05) is 36.5 Å². The summed E-state index contributed by atoms with van der Waals surface area (Å²) in [5, 5.41) is 13.6. The Balaban J connectivity index is 0.904. The van der Waals surface area contributed by atoms with Gasteiger partial charge in [-0.2, -0.15) is 5.10 Å². The van der Waals surface area contributed by atoms with Crippen LogP contribution in [-0.2, 0) is 44.8 Å². The number of fused-ring (bicyclic) bond motifs is 1. The van der Waals surface area contributed by atoms with Crippen molar-refractivity contribution in [3.8, 4) is 5.69 Å². The van der Waals surface area contributed by atoms with Crippen molar-refractivity contribution in [1.29, 1.82) is 0 Å². The fourth-order valence-electron chi connectivity index (χ4n) is 7.57. The molecular weight excluding hydrogens is 851 g/mol. The Kier molecular flexibility index (Phi) is 17.5. The summed E-state index contributed by atoms with van der Waals surface area (Å²) in [5.74, 6) is -2.56. The monoisotopic (exact) mass is 907 g/mol. The van der Waals surface area contributed by atoms with Crippen molar-refractivity contribution < 1.29 is 47.8 Å². The summed E-state index contributed by atoms with van der Waals surface area (Å²) in [6, 6.07) is 18.3. The standard InChI is InChI=1S/C47H57N9O10/c1-31(50-40(57)20-24-64-26-27-65-25-23-55-41(58)18-19-42(55)59)45(61)52-39(9-2-3-21-48)46(62)51-36-14-10-32(11-15-36)30-66-47(63)54-22-5-7-34(28-54)33-12-16-37(17-13-33)56-29-35-6-4-8-38(44(49)60)43(35)53-56/h4,6,8,10-19,29,31,34,39H,2-3,5,7,9,20-28,30,48H2,1H3,(H2,49,60)(H,50,57)(H,51,62)(H,52,61)/t31-,34+,39-/m0/s1. The van der Waals surface area contributed by atoms with Gasteiger partial charge in [-0.15, -0.1) is 0 Å². The zero-order valence-electron chi connectivity index (χ0n) is 36.9. The summed E-state index contributed by atoms with van der Waals surface area (Å²) in [6.07, 6.45) is 7.14. The normalized spacial score (nSPS) is 15.7. The predicted molar refractivity (Wildman–Crippen MR) is 243 cm³/mol. The Labute approximate surface area is 382 Å². The molecule has 1 fully saturated rings. The number of unbranched alkanes of at least 4 members (excludes halogenated alkanes) is 1. The first-order valence-corrected chi connectivity index (χ1v) is 22.1. The zero-order valence-corrected chi connectivity index (χ0v) is 36.9. The summed E-state index contributed by atoms with van der Waals surface area (Å²) in [6.45, 7) is 3.83. The zero-order chi connectivity index (χ0) is 47.0. The summed E-state index contributed by atoms with van der Waals surface area (Å²) in [4.78, 5) is 90.0. The fraction of sp³-hybridized carbons (Fsp3) is 0.404. The first-order chi connectivity index (χ1) is 31.9. The van der Waals surface area contributed by atoms with Gasteiger partial charge in [0.25, 0.3) is 17.7 Å². The first-order valence-electron chi connectivity index (χ1n) is 22.1. The number of hydrogen-bond acceptors (Lipinski definition) is 12. The number of likely N-dealkylation sites (tertiary alicyclic amines) is 1. The van der Waals surface area contributed by atoms with Gasteiger partial charge in [-0.1, -0.05) is 36.4 Å². The summed E-state index contributed by atoms with van der Waals surface area (Å²) in [7, 11) is 0. The number of benzene rings is 3. The van der Waals surface area contributed by atoms with E-state index < -0.39 is 41.8 Å². The fourth-order valence-corrected chi connectivity index (χ4v) is 7.57. The maximum atomic E-state index is 13.4. The molecule has 1 saturated heterocycles. The Morgan fingerprint density at radius 1 is 0.864 bits per heavy atom. The van der Waals surface area contributed by atoms with E-state index in [4.69, 9.17) is 25.7 Å². The van der Waals surface area contributed by atoms with Crippen LogP contribution >= 0.6 is 0 Å². The van der Waals surface area contributed by atoms with Crippen molar-refractivity contribution in [2.45, 2.75) is 70.1 Å². The van der Waals surface area contributed by atoms with Crippen molar-refractivity contribution in [2.24, 2.45) is 11.5 Å². The van der Waals surface area contributed by atoms with E-state index in [1.54, 1.807) is 46.0 Å². The van der Waals surface area contributed by atoms with Gasteiger partial charge >= 0.3 is 6.09 Å². The third kappa shape index (κ3) is 13.5. The van der Waals surface area contributed by atoms with E-state index in [2.05, 4.69) is 21.0 Å². The predicted octanol–water partition coefficient (Wildman–Crippen LogP) is 3.05. The molecule has 0 spiro atoms. The van der Waals surface area contributed by atoms with Gasteiger partial charge in [-0.3, -0.25) is 33.7 Å². The smallest absolute Gasteiger partial charge is 0.410 e. The lowest BCUT2D eigenvalue weighted by Crippen LogP contribution is -2.51. The van der Waals surface area contributed by atoms with Crippen molar-refractivity contribution in [3.05, 3.63) is 102 Å². The summed E-state index contributed by atoms with van der Waals surface area (Å²) >= 11 is 0. The Morgan fingerprint density at radius 3 is 2.30 bits per heavy atom. The quantitative estimate of drug-likeness (QED) is 0.0532. The number of primary amides is 1. The molecule has 19 heteroatoms. The number of hydrogen-bond donors (Lipinski definition) is 5. The number of rotatable bonds is 23. The van der Waals surface area contributed by atoms with Crippen LogP contribution in [0, 0.1) is 0 Å². The highest BCUT2D eigenvalue weighted by Crippen LogP contribution is 2.29. The summed E-state index contributed by atoms with van der Waals surface area (Å²) < 4.78 is 18.2. The van der Waals surface area contributed by atoms with Gasteiger partial charge in [0.1, 0.15) is 24.2 Å². The van der Waals surface area contributed by atoms with Gasteiger partial charge in [0.15, 0.2) is 0 Å². The van der Waals surface area contributed by atoms with Gasteiger partial charge in [-0.25, -0.2) is 9.48 Å². The number of ether oxygens (including phenoxy) is 3. The molecule has 0 unspecified atom stereocenters. The Bertz CT molecular complexity index is 2370. The third-order valence-electron chi connectivity index (χ3n) is 11.3. The van der Waals surface area contributed by atoms with Crippen LogP contribution in [0.3, 0.4) is 0 Å². The highest BCUT2D eigenvalue weighted by atomic mass is 16.6. The van der Waals surface area contributed by atoms with Gasteiger partial charge < -0.3 is 46.5 Å². The van der Waals surface area contributed by atoms with Crippen LogP contribution in [0.5, 0.6) is 0 Å². The van der Waals surface area contributed by atoms with Crippen LogP contribution in [0.15, 0.2) is 85.1 Å². The lowest BCUT2D eigenvalue weighted by molar-refractivity contribution is -0.137. The number of carbonyl (C=O) groups is 7. The molecule has 4 aromatic rings. The number of piperidine rings is 1. The number of anilines is 1. The maximum Gasteiger partial charge on any atom is 0.410 e. The maximum absolute atomic E-state index is 13.4. The van der Waals surface area contributed by atoms with Crippen LogP contribution in [-0.4, -0.2) is 126 Å². The van der Waals surface area contributed by atoms with Gasteiger partial charge in [0.05, 0.1) is 44.2 Å². The second-order valence-electron chi connectivity index (χ2n) is 16.1. The van der Waals surface area contributed by atoms with Crippen molar-refractivity contribution in [1.82, 2.24) is 30.2 Å². The molecule has 1 aromatic heterocycles. The van der Waals surface area contributed by atoms with E-state index in [9.17, 15) is 33.6 Å². The van der Waals surface area contributed by atoms with Gasteiger partial charge in [0, 0.05) is 54.9 Å². The van der Waals surface area contributed by atoms with E-state index in [1.165, 1.54) is 19.1 Å². The Hall–Kier alpha value is -6.96. The minimum atomic E-state index is -0.933. The van der Waals surface area contributed by atoms with E-state index in [0.29, 0.717) is 55.7 Å². The van der Waals surface area contributed by atoms with Crippen molar-refractivity contribution >= 4 is 58.1 Å². The molecule has 0 bridgehead atoms. The van der Waals surface area contributed by atoms with Crippen LogP contribution in [0.2, 0.25) is 0 Å². The van der Waals surface area contributed by atoms with E-state index in [-0.39, 0.29) is 63.7 Å². The highest BCUT2D eigenvalue weighted by Gasteiger charge is 2.27. The lowest BCUT2D eigenvalue weighted by Gasteiger charge is -2.32. The second kappa shape index (κ2) is 23.8. The molecule has 6 rings (SSSR count). The van der Waals surface area contributed by atoms with E-state index in [0.717, 1.165) is 39.9 Å². The molecule has 0 aliphatic carbocycles. The van der Waals surface area contributed by atoms with Crippen molar-refractivity contribution in [2.75, 3.05) is 57.9 Å². The molecule has 7 N–H and O–H groups in total. The molecule has 0 saturated carbocycles. The molecular formula is C47H57N9O10. The van der Waals surface area contributed by atoms with Crippen LogP contribution in [0.25, 0.3) is 16.6 Å². The number of nitrogens with one attached hydrogen (secondary N) is 3. The Morgan fingerprint density at radius 2 is 1.59 bits per heavy atom. The number of aromatic nitrogens is 2. The molecule has 19 nitrogen and oxygen atoms in total. The van der Waals surface area contributed by atoms with E-state index >= 15 is 0 Å². The third-order valence-corrected chi connectivity index (χ3v) is 11.3.